The molecule has 0 aromatic heterocycles. The molecule has 1 N–H and O–H groups in total. The minimum Gasteiger partial charge on any atom is -0.491 e. The van der Waals surface area contributed by atoms with Gasteiger partial charge in [-0.2, -0.15) is 0 Å². The van der Waals surface area contributed by atoms with Crippen LogP contribution in [0.4, 0.5) is 5.69 Å². The number of rotatable bonds is 6. The van der Waals surface area contributed by atoms with Crippen molar-refractivity contribution in [2.75, 3.05) is 19.0 Å². The molecule has 0 aliphatic carbocycles. The van der Waals surface area contributed by atoms with Crippen molar-refractivity contribution in [1.82, 2.24) is 0 Å². The Hall–Kier alpha value is -1.42. The van der Waals surface area contributed by atoms with Gasteiger partial charge in [0.1, 0.15) is 11.8 Å². The maximum absolute atomic E-state index is 11.4. The van der Waals surface area contributed by atoms with Gasteiger partial charge in [-0.1, -0.05) is 18.5 Å². The Morgan fingerprint density at radius 3 is 2.83 bits per heavy atom. The summed E-state index contributed by atoms with van der Waals surface area (Å²) >= 11 is 5.94. The number of carbonyl (C=O) groups excluding carboxylic acids is 1. The third kappa shape index (κ3) is 4.11. The summed E-state index contributed by atoms with van der Waals surface area (Å²) in [6.45, 7) is 4.36. The molecule has 1 rings (SSSR count). The molecule has 0 heterocycles. The lowest BCUT2D eigenvalue weighted by Crippen LogP contribution is -2.27. The number of halogens is 1. The summed E-state index contributed by atoms with van der Waals surface area (Å²) in [6.07, 6.45) is 0.911. The summed E-state index contributed by atoms with van der Waals surface area (Å²) < 4.78 is 10.2. The Morgan fingerprint density at radius 1 is 1.50 bits per heavy atom. The number of ether oxygens (including phenoxy) is 2. The molecule has 0 radical (unpaired) electrons. The molecule has 0 aliphatic heterocycles. The monoisotopic (exact) mass is 271 g/mol. The zero-order valence-corrected chi connectivity index (χ0v) is 11.6. The predicted molar refractivity (Wildman–Crippen MR) is 72.3 cm³/mol. The Morgan fingerprint density at radius 2 is 2.22 bits per heavy atom. The summed E-state index contributed by atoms with van der Waals surface area (Å²) in [5.41, 5.74) is 0.689. The van der Waals surface area contributed by atoms with E-state index in [-0.39, 0.29) is 5.97 Å². The van der Waals surface area contributed by atoms with Crippen LogP contribution in [0.5, 0.6) is 5.75 Å². The fraction of sp³-hybridized carbons (Fsp3) is 0.462. The molecule has 1 aromatic rings. The zero-order valence-electron chi connectivity index (χ0n) is 10.8. The highest BCUT2D eigenvalue weighted by Gasteiger charge is 2.15. The molecule has 0 saturated heterocycles. The summed E-state index contributed by atoms with van der Waals surface area (Å²) in [7, 11) is 1.35. The van der Waals surface area contributed by atoms with Gasteiger partial charge >= 0.3 is 5.97 Å². The molecule has 0 bridgehead atoms. The van der Waals surface area contributed by atoms with E-state index in [1.165, 1.54) is 7.11 Å². The van der Waals surface area contributed by atoms with Crippen molar-refractivity contribution in [3.8, 4) is 5.75 Å². The highest BCUT2D eigenvalue weighted by molar-refractivity contribution is 6.30. The van der Waals surface area contributed by atoms with Gasteiger partial charge in [0.25, 0.3) is 0 Å². The maximum atomic E-state index is 11.4. The first-order valence-corrected chi connectivity index (χ1v) is 6.23. The lowest BCUT2D eigenvalue weighted by atomic mass is 10.2. The highest BCUT2D eigenvalue weighted by Crippen LogP contribution is 2.28. The molecular formula is C13H18ClNO3. The smallest absolute Gasteiger partial charge is 0.327 e. The molecule has 1 atom stereocenters. The number of carbonyl (C=O) groups is 1. The molecule has 0 saturated carbocycles. The van der Waals surface area contributed by atoms with E-state index in [2.05, 4.69) is 10.1 Å². The average molecular weight is 272 g/mol. The van der Waals surface area contributed by atoms with Gasteiger partial charge in [-0.3, -0.25) is 0 Å². The second-order valence-corrected chi connectivity index (χ2v) is 4.31. The third-order valence-corrected chi connectivity index (χ3v) is 2.57. The van der Waals surface area contributed by atoms with Crippen LogP contribution >= 0.6 is 11.6 Å². The standard InChI is InChI=1S/C13H18ClNO3/c1-4-7-18-12-6-5-10(14)8-11(12)15-9(2)13(16)17-3/h5-6,8-9,15H,4,7H2,1-3H3. The molecule has 4 nitrogen and oxygen atoms in total. The molecular weight excluding hydrogens is 254 g/mol. The van der Waals surface area contributed by atoms with E-state index in [1.807, 2.05) is 6.92 Å². The molecule has 0 fully saturated rings. The van der Waals surface area contributed by atoms with Gasteiger partial charge in [0.15, 0.2) is 0 Å². The van der Waals surface area contributed by atoms with Crippen molar-refractivity contribution in [2.45, 2.75) is 26.3 Å². The number of methoxy groups -OCH3 is 1. The zero-order chi connectivity index (χ0) is 13.5. The van der Waals surface area contributed by atoms with Crippen molar-refractivity contribution >= 4 is 23.3 Å². The normalized spacial score (nSPS) is 11.8. The Balaban J connectivity index is 2.84. The lowest BCUT2D eigenvalue weighted by molar-refractivity contribution is -0.141. The third-order valence-electron chi connectivity index (χ3n) is 2.33. The summed E-state index contributed by atoms with van der Waals surface area (Å²) in [6, 6.07) is 4.80. The quantitative estimate of drug-likeness (QED) is 0.808. The van der Waals surface area contributed by atoms with Gasteiger partial charge in [0.05, 0.1) is 19.4 Å². The number of esters is 1. The van der Waals surface area contributed by atoms with Gasteiger partial charge in [0.2, 0.25) is 0 Å². The molecule has 18 heavy (non-hydrogen) atoms. The van der Waals surface area contributed by atoms with E-state index in [4.69, 9.17) is 16.3 Å². The second kappa shape index (κ2) is 7.11. The van der Waals surface area contributed by atoms with Crippen molar-refractivity contribution in [3.63, 3.8) is 0 Å². The van der Waals surface area contributed by atoms with Gasteiger partial charge in [0, 0.05) is 5.02 Å². The molecule has 5 heteroatoms. The first kappa shape index (κ1) is 14.6. The summed E-state index contributed by atoms with van der Waals surface area (Å²) in [5.74, 6) is 0.341. The van der Waals surface area contributed by atoms with Crippen LogP contribution in [0.15, 0.2) is 18.2 Å². The summed E-state index contributed by atoms with van der Waals surface area (Å²) in [4.78, 5) is 11.4. The van der Waals surface area contributed by atoms with Crippen molar-refractivity contribution in [3.05, 3.63) is 23.2 Å². The fourth-order valence-corrected chi connectivity index (χ4v) is 1.59. The van der Waals surface area contributed by atoms with E-state index in [1.54, 1.807) is 25.1 Å². The van der Waals surface area contributed by atoms with Gasteiger partial charge in [-0.25, -0.2) is 4.79 Å². The average Bonchev–Trinajstić information content (AvgIpc) is 2.36. The predicted octanol–water partition coefficient (Wildman–Crippen LogP) is 3.10. The van der Waals surface area contributed by atoms with Crippen LogP contribution in [0.25, 0.3) is 0 Å². The minimum absolute atomic E-state index is 0.337. The van der Waals surface area contributed by atoms with Gasteiger partial charge < -0.3 is 14.8 Å². The number of hydrogen-bond acceptors (Lipinski definition) is 4. The van der Waals surface area contributed by atoms with Crippen LogP contribution in [0, 0.1) is 0 Å². The number of nitrogens with one attached hydrogen (secondary N) is 1. The van der Waals surface area contributed by atoms with Crippen molar-refractivity contribution in [2.24, 2.45) is 0 Å². The van der Waals surface area contributed by atoms with Crippen LogP contribution < -0.4 is 10.1 Å². The molecule has 100 valence electrons. The molecule has 1 aromatic carbocycles. The van der Waals surface area contributed by atoms with Crippen LogP contribution in [0.2, 0.25) is 5.02 Å². The van der Waals surface area contributed by atoms with Crippen LogP contribution in [0.3, 0.4) is 0 Å². The first-order valence-electron chi connectivity index (χ1n) is 5.85. The highest BCUT2D eigenvalue weighted by atomic mass is 35.5. The largest absolute Gasteiger partial charge is 0.491 e. The molecule has 1 unspecified atom stereocenters. The fourth-order valence-electron chi connectivity index (χ4n) is 1.42. The van der Waals surface area contributed by atoms with Crippen LogP contribution in [0.1, 0.15) is 20.3 Å². The molecule has 0 amide bonds. The van der Waals surface area contributed by atoms with E-state index in [0.29, 0.717) is 23.1 Å². The van der Waals surface area contributed by atoms with Crippen LogP contribution in [-0.2, 0) is 9.53 Å². The van der Waals surface area contributed by atoms with Crippen molar-refractivity contribution in [1.29, 1.82) is 0 Å². The second-order valence-electron chi connectivity index (χ2n) is 3.88. The van der Waals surface area contributed by atoms with Crippen LogP contribution in [-0.4, -0.2) is 25.7 Å². The Bertz CT molecular complexity index is 409. The van der Waals surface area contributed by atoms with E-state index in [0.717, 1.165) is 6.42 Å². The topological polar surface area (TPSA) is 47.6 Å². The number of benzene rings is 1. The van der Waals surface area contributed by atoms with Crippen molar-refractivity contribution < 1.29 is 14.3 Å². The maximum Gasteiger partial charge on any atom is 0.327 e. The Kier molecular flexibility index (Phi) is 5.78. The lowest BCUT2D eigenvalue weighted by Gasteiger charge is -2.17. The summed E-state index contributed by atoms with van der Waals surface area (Å²) in [5, 5.41) is 3.61. The van der Waals surface area contributed by atoms with E-state index in [9.17, 15) is 4.79 Å². The SMILES string of the molecule is CCCOc1ccc(Cl)cc1NC(C)C(=O)OC. The van der Waals surface area contributed by atoms with Gasteiger partial charge in [-0.15, -0.1) is 0 Å². The number of hydrogen-bond donors (Lipinski definition) is 1. The molecule has 0 spiro atoms. The van der Waals surface area contributed by atoms with E-state index >= 15 is 0 Å². The van der Waals surface area contributed by atoms with Gasteiger partial charge in [-0.05, 0) is 31.5 Å². The van der Waals surface area contributed by atoms with E-state index < -0.39 is 6.04 Å². The first-order chi connectivity index (χ1) is 8.58. The Labute approximate surface area is 112 Å². The molecule has 0 aliphatic rings. The number of anilines is 1. The minimum atomic E-state index is -0.461.